The number of hydrogen-bond donors (Lipinski definition) is 8. The lowest BCUT2D eigenvalue weighted by atomic mass is 9.98. The van der Waals surface area contributed by atoms with E-state index in [9.17, 15) is 40.5 Å². The Morgan fingerprint density at radius 3 is 1.65 bits per heavy atom. The Morgan fingerprint density at radius 2 is 1.11 bits per heavy atom. The summed E-state index contributed by atoms with van der Waals surface area (Å²) in [6, 6.07) is -1.19. The van der Waals surface area contributed by atoms with E-state index in [4.69, 9.17) is 9.47 Å². The molecule has 1 saturated heterocycles. The SMILES string of the molecule is CCCCCCCC/C=C/CC/C=C/CCCC(O)C(O)C(COC1OC(CO)C(O)C(O)C1O)NC(=O)C(O)CCCCCCCCCCCCCC. The van der Waals surface area contributed by atoms with Crippen molar-refractivity contribution in [3.63, 3.8) is 0 Å². The number of aliphatic hydroxyl groups is 7. The molecule has 1 heterocycles. The van der Waals surface area contributed by atoms with Crippen LogP contribution < -0.4 is 5.32 Å². The van der Waals surface area contributed by atoms with Crippen LogP contribution in [0, 0.1) is 0 Å². The lowest BCUT2D eigenvalue weighted by molar-refractivity contribution is -0.303. The van der Waals surface area contributed by atoms with Crippen molar-refractivity contribution in [1.29, 1.82) is 0 Å². The Bertz CT molecular complexity index is 934. The molecule has 0 aromatic heterocycles. The van der Waals surface area contributed by atoms with Crippen LogP contribution in [0.25, 0.3) is 0 Å². The molecule has 0 aromatic carbocycles. The molecule has 0 bridgehead atoms. The quantitative estimate of drug-likeness (QED) is 0.0269. The standard InChI is InChI=1S/C43H81NO10/c1-3-5-7-9-11-13-15-17-18-19-21-22-24-26-28-30-35(46)38(48)34(33-53-43-41(51)40(50)39(49)37(32-45)54-43)44-42(52)36(47)31-29-27-25-23-20-16-14-12-10-8-6-4-2/h17-18,22,24,34-41,43,45-51H,3-16,19-21,23,25-33H2,1-2H3,(H,44,52)/b18-17+,24-22+. The summed E-state index contributed by atoms with van der Waals surface area (Å²) >= 11 is 0. The fourth-order valence-corrected chi connectivity index (χ4v) is 6.81. The first-order valence-electron chi connectivity index (χ1n) is 21.7. The van der Waals surface area contributed by atoms with Gasteiger partial charge in [0.05, 0.1) is 25.4 Å². The molecular formula is C43H81NO10. The Balaban J connectivity index is 2.54. The van der Waals surface area contributed by atoms with E-state index in [2.05, 4.69) is 43.5 Å². The minimum atomic E-state index is -1.67. The molecule has 318 valence electrons. The minimum Gasteiger partial charge on any atom is -0.394 e. The summed E-state index contributed by atoms with van der Waals surface area (Å²) in [4.78, 5) is 13.0. The van der Waals surface area contributed by atoms with E-state index in [-0.39, 0.29) is 12.8 Å². The largest absolute Gasteiger partial charge is 0.394 e. The zero-order chi connectivity index (χ0) is 39.8. The van der Waals surface area contributed by atoms with Crippen LogP contribution in [0.1, 0.15) is 174 Å². The highest BCUT2D eigenvalue weighted by atomic mass is 16.7. The van der Waals surface area contributed by atoms with Gasteiger partial charge in [-0.05, 0) is 51.4 Å². The molecule has 9 unspecified atom stereocenters. The average molecular weight is 772 g/mol. The molecule has 1 aliphatic rings. The number of ether oxygens (including phenoxy) is 2. The first kappa shape index (κ1) is 50.6. The van der Waals surface area contributed by atoms with Gasteiger partial charge in [0.25, 0.3) is 0 Å². The van der Waals surface area contributed by atoms with Crippen molar-refractivity contribution in [3.05, 3.63) is 24.3 Å². The fraction of sp³-hybridized carbons (Fsp3) is 0.884. The molecule has 8 N–H and O–H groups in total. The Kier molecular flexibility index (Phi) is 31.6. The van der Waals surface area contributed by atoms with Gasteiger partial charge in [-0.2, -0.15) is 0 Å². The van der Waals surface area contributed by atoms with E-state index in [1.807, 2.05) is 0 Å². The predicted molar refractivity (Wildman–Crippen MR) is 215 cm³/mol. The number of carbonyl (C=O) groups is 1. The van der Waals surface area contributed by atoms with E-state index in [0.717, 1.165) is 38.5 Å². The van der Waals surface area contributed by atoms with Crippen molar-refractivity contribution in [1.82, 2.24) is 5.32 Å². The first-order valence-corrected chi connectivity index (χ1v) is 21.7. The lowest BCUT2D eigenvalue weighted by Crippen LogP contribution is -2.60. The van der Waals surface area contributed by atoms with E-state index in [1.165, 1.54) is 89.9 Å². The van der Waals surface area contributed by atoms with Crippen LogP contribution >= 0.6 is 0 Å². The molecule has 0 aromatic rings. The molecule has 54 heavy (non-hydrogen) atoms. The number of amides is 1. The number of carbonyl (C=O) groups excluding carboxylic acids is 1. The van der Waals surface area contributed by atoms with Gasteiger partial charge in [0.15, 0.2) is 6.29 Å². The van der Waals surface area contributed by atoms with Crippen molar-refractivity contribution in [2.24, 2.45) is 0 Å². The van der Waals surface area contributed by atoms with Crippen LogP contribution in [0.15, 0.2) is 24.3 Å². The number of nitrogens with one attached hydrogen (secondary N) is 1. The molecule has 1 amide bonds. The molecular weight excluding hydrogens is 690 g/mol. The maximum absolute atomic E-state index is 13.0. The summed E-state index contributed by atoms with van der Waals surface area (Å²) in [6.45, 7) is 3.38. The van der Waals surface area contributed by atoms with Crippen LogP contribution in [0.2, 0.25) is 0 Å². The molecule has 0 spiro atoms. The molecule has 1 fully saturated rings. The van der Waals surface area contributed by atoms with Gasteiger partial charge in [-0.3, -0.25) is 4.79 Å². The van der Waals surface area contributed by atoms with Gasteiger partial charge in [-0.15, -0.1) is 0 Å². The van der Waals surface area contributed by atoms with Crippen LogP contribution in [0.5, 0.6) is 0 Å². The highest BCUT2D eigenvalue weighted by molar-refractivity contribution is 5.80. The molecule has 0 radical (unpaired) electrons. The second kappa shape index (κ2) is 33.7. The topological polar surface area (TPSA) is 189 Å². The number of aliphatic hydroxyl groups excluding tert-OH is 7. The summed E-state index contributed by atoms with van der Waals surface area (Å²) in [5, 5.41) is 75.4. The van der Waals surface area contributed by atoms with E-state index in [0.29, 0.717) is 19.3 Å². The van der Waals surface area contributed by atoms with E-state index >= 15 is 0 Å². The Morgan fingerprint density at radius 1 is 0.630 bits per heavy atom. The van der Waals surface area contributed by atoms with Gasteiger partial charge in [-0.1, -0.05) is 147 Å². The Labute approximate surface area is 327 Å². The molecule has 1 aliphatic heterocycles. The van der Waals surface area contributed by atoms with Crippen LogP contribution in [-0.2, 0) is 14.3 Å². The van der Waals surface area contributed by atoms with Gasteiger partial charge in [-0.25, -0.2) is 0 Å². The van der Waals surface area contributed by atoms with Crippen molar-refractivity contribution in [2.45, 2.75) is 229 Å². The number of allylic oxidation sites excluding steroid dienone is 4. The lowest BCUT2D eigenvalue weighted by Gasteiger charge is -2.40. The van der Waals surface area contributed by atoms with Crippen LogP contribution in [0.4, 0.5) is 0 Å². The first-order chi connectivity index (χ1) is 26.2. The fourth-order valence-electron chi connectivity index (χ4n) is 6.81. The third kappa shape index (κ3) is 23.6. The highest BCUT2D eigenvalue weighted by Gasteiger charge is 2.44. The summed E-state index contributed by atoms with van der Waals surface area (Å²) in [5.74, 6) is -0.712. The molecule has 11 heteroatoms. The van der Waals surface area contributed by atoms with Gasteiger partial charge in [0.2, 0.25) is 5.91 Å². The van der Waals surface area contributed by atoms with Crippen molar-refractivity contribution in [2.75, 3.05) is 13.2 Å². The second-order valence-electron chi connectivity index (χ2n) is 15.4. The average Bonchev–Trinajstić information content (AvgIpc) is 3.17. The van der Waals surface area contributed by atoms with Crippen LogP contribution in [0.3, 0.4) is 0 Å². The molecule has 9 atom stereocenters. The summed E-state index contributed by atoms with van der Waals surface area (Å²) in [7, 11) is 0. The normalized spacial score (nSPS) is 22.9. The smallest absolute Gasteiger partial charge is 0.249 e. The van der Waals surface area contributed by atoms with Gasteiger partial charge in [0, 0.05) is 0 Å². The monoisotopic (exact) mass is 772 g/mol. The second-order valence-corrected chi connectivity index (χ2v) is 15.4. The third-order valence-corrected chi connectivity index (χ3v) is 10.5. The molecule has 0 aliphatic carbocycles. The highest BCUT2D eigenvalue weighted by Crippen LogP contribution is 2.23. The van der Waals surface area contributed by atoms with Gasteiger partial charge >= 0.3 is 0 Å². The van der Waals surface area contributed by atoms with E-state index < -0.39 is 74.2 Å². The predicted octanol–water partition coefficient (Wildman–Crippen LogP) is 6.28. The van der Waals surface area contributed by atoms with Crippen molar-refractivity contribution < 1.29 is 50.0 Å². The summed E-state index contributed by atoms with van der Waals surface area (Å²) in [6.07, 6.45) is 23.7. The maximum Gasteiger partial charge on any atom is 0.249 e. The number of hydrogen-bond acceptors (Lipinski definition) is 10. The zero-order valence-electron chi connectivity index (χ0n) is 34.0. The van der Waals surface area contributed by atoms with E-state index in [1.54, 1.807) is 0 Å². The maximum atomic E-state index is 13.0. The van der Waals surface area contributed by atoms with Crippen molar-refractivity contribution >= 4 is 5.91 Å². The zero-order valence-corrected chi connectivity index (χ0v) is 34.0. The number of rotatable bonds is 35. The summed E-state index contributed by atoms with van der Waals surface area (Å²) < 4.78 is 11.0. The number of unbranched alkanes of at least 4 members (excludes halogenated alkanes) is 19. The summed E-state index contributed by atoms with van der Waals surface area (Å²) in [5.41, 5.74) is 0. The van der Waals surface area contributed by atoms with Crippen molar-refractivity contribution in [3.8, 4) is 0 Å². The minimum absolute atomic E-state index is 0.248. The van der Waals surface area contributed by atoms with Gasteiger partial charge < -0.3 is 50.5 Å². The molecule has 1 rings (SSSR count). The van der Waals surface area contributed by atoms with Crippen LogP contribution in [-0.4, -0.2) is 110 Å². The Hall–Kier alpha value is -1.41. The molecule has 0 saturated carbocycles. The molecule has 11 nitrogen and oxygen atoms in total. The van der Waals surface area contributed by atoms with Gasteiger partial charge in [0.1, 0.15) is 36.6 Å². The third-order valence-electron chi connectivity index (χ3n) is 10.5.